The zero-order chi connectivity index (χ0) is 13.6. The van der Waals surface area contributed by atoms with Gasteiger partial charge < -0.3 is 10.0 Å². The van der Waals surface area contributed by atoms with Crippen LogP contribution in [0.4, 0.5) is 5.69 Å². The Morgan fingerprint density at radius 2 is 1.85 bits per heavy atom. The van der Waals surface area contributed by atoms with Gasteiger partial charge in [0.2, 0.25) is 0 Å². The molecule has 0 aliphatic carbocycles. The number of anilines is 1. The van der Waals surface area contributed by atoms with Gasteiger partial charge in [-0.1, -0.05) is 48.5 Å². The topological polar surface area (TPSA) is 35.5 Å². The van der Waals surface area contributed by atoms with E-state index in [9.17, 15) is 5.11 Å². The van der Waals surface area contributed by atoms with Crippen LogP contribution in [0.3, 0.4) is 0 Å². The first-order valence-electron chi connectivity index (χ1n) is 7.15. The second kappa shape index (κ2) is 4.33. The summed E-state index contributed by atoms with van der Waals surface area (Å²) in [7, 11) is 0. The summed E-state index contributed by atoms with van der Waals surface area (Å²) in [6, 6.07) is 18.6. The first-order valence-corrected chi connectivity index (χ1v) is 7.15. The van der Waals surface area contributed by atoms with E-state index < -0.39 is 5.60 Å². The Hall–Kier alpha value is -1.84. The van der Waals surface area contributed by atoms with Crippen LogP contribution in [0.1, 0.15) is 17.5 Å². The Bertz CT molecular complexity index is 628. The lowest BCUT2D eigenvalue weighted by Crippen LogP contribution is -2.47. The second-order valence-corrected chi connectivity index (χ2v) is 5.66. The van der Waals surface area contributed by atoms with Crippen LogP contribution in [0, 0.1) is 0 Å². The van der Waals surface area contributed by atoms with Crippen molar-refractivity contribution < 1.29 is 5.11 Å². The highest BCUT2D eigenvalue weighted by molar-refractivity contribution is 5.64. The molecule has 2 aliphatic heterocycles. The smallest absolute Gasteiger partial charge is 0.126 e. The minimum absolute atomic E-state index is 0.0138. The maximum Gasteiger partial charge on any atom is 0.126 e. The SMILES string of the molecule is O[C@@]12CCN[C@@H]1N(Cc1ccccc1)c1ccccc12. The number of benzene rings is 2. The van der Waals surface area contributed by atoms with E-state index in [1.165, 1.54) is 5.56 Å². The van der Waals surface area contributed by atoms with Gasteiger partial charge in [0.1, 0.15) is 11.8 Å². The summed E-state index contributed by atoms with van der Waals surface area (Å²) < 4.78 is 0. The molecule has 2 aliphatic rings. The van der Waals surface area contributed by atoms with Crippen LogP contribution in [0.5, 0.6) is 0 Å². The molecule has 0 aromatic heterocycles. The van der Waals surface area contributed by atoms with Crippen molar-refractivity contribution in [1.82, 2.24) is 5.32 Å². The average Bonchev–Trinajstić information content (AvgIpc) is 2.97. The Labute approximate surface area is 118 Å². The summed E-state index contributed by atoms with van der Waals surface area (Å²) in [4.78, 5) is 2.29. The number of fused-ring (bicyclic) bond motifs is 3. The Kier molecular flexibility index (Phi) is 2.59. The minimum Gasteiger partial charge on any atom is -0.381 e. The summed E-state index contributed by atoms with van der Waals surface area (Å²) in [5.41, 5.74) is 2.73. The first kappa shape index (κ1) is 11.9. The van der Waals surface area contributed by atoms with Crippen molar-refractivity contribution in [2.24, 2.45) is 0 Å². The lowest BCUT2D eigenvalue weighted by Gasteiger charge is -2.30. The van der Waals surface area contributed by atoms with Crippen molar-refractivity contribution in [3.05, 3.63) is 65.7 Å². The van der Waals surface area contributed by atoms with E-state index in [0.29, 0.717) is 0 Å². The fourth-order valence-corrected chi connectivity index (χ4v) is 3.54. The van der Waals surface area contributed by atoms with Gasteiger partial charge in [0.25, 0.3) is 0 Å². The molecule has 0 radical (unpaired) electrons. The molecule has 2 N–H and O–H groups in total. The third kappa shape index (κ3) is 1.60. The van der Waals surface area contributed by atoms with Crippen molar-refractivity contribution in [3.63, 3.8) is 0 Å². The lowest BCUT2D eigenvalue weighted by atomic mass is 9.93. The zero-order valence-electron chi connectivity index (χ0n) is 11.3. The monoisotopic (exact) mass is 266 g/mol. The summed E-state index contributed by atoms with van der Waals surface area (Å²) >= 11 is 0. The van der Waals surface area contributed by atoms with E-state index in [4.69, 9.17) is 0 Å². The first-order chi connectivity index (χ1) is 9.79. The summed E-state index contributed by atoms with van der Waals surface area (Å²) in [5.74, 6) is 0. The van der Waals surface area contributed by atoms with Crippen molar-refractivity contribution >= 4 is 5.69 Å². The average molecular weight is 266 g/mol. The molecule has 0 amide bonds. The maximum atomic E-state index is 11.0. The fourth-order valence-electron chi connectivity index (χ4n) is 3.54. The highest BCUT2D eigenvalue weighted by Crippen LogP contribution is 2.47. The third-order valence-corrected chi connectivity index (χ3v) is 4.48. The molecule has 0 bridgehead atoms. The fraction of sp³-hybridized carbons (Fsp3) is 0.294. The van der Waals surface area contributed by atoms with Gasteiger partial charge in [0, 0.05) is 24.3 Å². The highest BCUT2D eigenvalue weighted by atomic mass is 16.3. The summed E-state index contributed by atoms with van der Waals surface area (Å²) in [5, 5.41) is 14.5. The quantitative estimate of drug-likeness (QED) is 0.875. The van der Waals surface area contributed by atoms with Crippen molar-refractivity contribution in [2.75, 3.05) is 11.4 Å². The van der Waals surface area contributed by atoms with E-state index >= 15 is 0 Å². The number of hydrogen-bond acceptors (Lipinski definition) is 3. The molecule has 2 aromatic carbocycles. The van der Waals surface area contributed by atoms with Gasteiger partial charge in [-0.15, -0.1) is 0 Å². The number of para-hydroxylation sites is 1. The van der Waals surface area contributed by atoms with Gasteiger partial charge in [-0.2, -0.15) is 0 Å². The van der Waals surface area contributed by atoms with Gasteiger partial charge in [-0.3, -0.25) is 5.32 Å². The number of aliphatic hydroxyl groups is 1. The van der Waals surface area contributed by atoms with Gasteiger partial charge in [0.15, 0.2) is 0 Å². The van der Waals surface area contributed by atoms with Gasteiger partial charge in [0.05, 0.1) is 0 Å². The Balaban J connectivity index is 1.76. The minimum atomic E-state index is -0.745. The number of nitrogens with zero attached hydrogens (tertiary/aromatic N) is 1. The molecule has 0 unspecified atom stereocenters. The zero-order valence-corrected chi connectivity index (χ0v) is 11.3. The normalized spacial score (nSPS) is 27.4. The highest BCUT2D eigenvalue weighted by Gasteiger charge is 2.52. The standard InChI is InChI=1S/C17H18N2O/c20-17-10-11-18-16(17)19(12-13-6-2-1-3-7-13)15-9-5-4-8-14(15)17/h1-9,16,18,20H,10-12H2/t16-,17-/m1/s1. The van der Waals surface area contributed by atoms with E-state index in [1.807, 2.05) is 18.2 Å². The van der Waals surface area contributed by atoms with E-state index in [1.54, 1.807) is 0 Å². The molecule has 102 valence electrons. The third-order valence-electron chi connectivity index (χ3n) is 4.48. The molecule has 1 saturated heterocycles. The van der Waals surface area contributed by atoms with Gasteiger partial charge in [-0.25, -0.2) is 0 Å². The number of rotatable bonds is 2. The largest absolute Gasteiger partial charge is 0.381 e. The molecule has 2 aromatic rings. The molecule has 4 rings (SSSR count). The lowest BCUT2D eigenvalue weighted by molar-refractivity contribution is 0.0337. The van der Waals surface area contributed by atoms with Crippen LogP contribution in [0.2, 0.25) is 0 Å². The molecule has 2 heterocycles. The van der Waals surface area contributed by atoms with Crippen molar-refractivity contribution in [3.8, 4) is 0 Å². The van der Waals surface area contributed by atoms with Crippen LogP contribution in [0.25, 0.3) is 0 Å². The maximum absolute atomic E-state index is 11.0. The molecular formula is C17H18N2O. The number of hydrogen-bond donors (Lipinski definition) is 2. The predicted molar refractivity (Wildman–Crippen MR) is 79.4 cm³/mol. The molecule has 1 fully saturated rings. The van der Waals surface area contributed by atoms with E-state index in [-0.39, 0.29) is 6.17 Å². The van der Waals surface area contributed by atoms with E-state index in [2.05, 4.69) is 46.6 Å². The van der Waals surface area contributed by atoms with Crippen LogP contribution in [-0.4, -0.2) is 17.8 Å². The van der Waals surface area contributed by atoms with E-state index in [0.717, 1.165) is 30.8 Å². The molecule has 0 spiro atoms. The van der Waals surface area contributed by atoms with Crippen LogP contribution < -0.4 is 10.2 Å². The van der Waals surface area contributed by atoms with Crippen LogP contribution >= 0.6 is 0 Å². The molecule has 0 saturated carbocycles. The van der Waals surface area contributed by atoms with Gasteiger partial charge in [-0.05, 0) is 18.1 Å². The molecule has 3 nitrogen and oxygen atoms in total. The predicted octanol–water partition coefficient (Wildman–Crippen LogP) is 2.21. The van der Waals surface area contributed by atoms with Gasteiger partial charge >= 0.3 is 0 Å². The summed E-state index contributed by atoms with van der Waals surface area (Å²) in [6.07, 6.45) is 0.764. The Morgan fingerprint density at radius 1 is 1.10 bits per heavy atom. The van der Waals surface area contributed by atoms with Crippen molar-refractivity contribution in [1.29, 1.82) is 0 Å². The number of nitrogens with one attached hydrogen (secondary N) is 1. The summed E-state index contributed by atoms with van der Waals surface area (Å²) in [6.45, 7) is 1.68. The second-order valence-electron chi connectivity index (χ2n) is 5.66. The molecule has 20 heavy (non-hydrogen) atoms. The van der Waals surface area contributed by atoms with Crippen LogP contribution in [0.15, 0.2) is 54.6 Å². The van der Waals surface area contributed by atoms with Crippen molar-refractivity contribution in [2.45, 2.75) is 24.7 Å². The molecule has 3 heteroatoms. The molecule has 2 atom stereocenters. The Morgan fingerprint density at radius 3 is 2.70 bits per heavy atom. The molecular weight excluding hydrogens is 248 g/mol. The van der Waals surface area contributed by atoms with Crippen LogP contribution in [-0.2, 0) is 12.1 Å².